The molecule has 0 radical (unpaired) electrons. The van der Waals surface area contributed by atoms with Gasteiger partial charge in [-0.05, 0) is 45.7 Å². The summed E-state index contributed by atoms with van der Waals surface area (Å²) < 4.78 is 19.7. The lowest BCUT2D eigenvalue weighted by molar-refractivity contribution is 0.156. The molecule has 2 aliphatic heterocycles. The van der Waals surface area contributed by atoms with Gasteiger partial charge in [-0.25, -0.2) is 4.67 Å². The number of hydrogen-bond acceptors (Lipinski definition) is 3. The van der Waals surface area contributed by atoms with Crippen molar-refractivity contribution in [3.8, 4) is 0 Å². The van der Waals surface area contributed by atoms with E-state index in [1.165, 1.54) is 25.9 Å². The van der Waals surface area contributed by atoms with E-state index in [9.17, 15) is 4.57 Å². The first-order valence-electron chi connectivity index (χ1n) is 7.85. The van der Waals surface area contributed by atoms with Crippen LogP contribution in [-0.2, 0) is 9.09 Å². The molecule has 0 spiro atoms. The van der Waals surface area contributed by atoms with E-state index in [-0.39, 0.29) is 0 Å². The van der Waals surface area contributed by atoms with E-state index in [0.717, 1.165) is 32.0 Å². The first-order valence-corrected chi connectivity index (χ1v) is 9.87. The fourth-order valence-electron chi connectivity index (χ4n) is 3.01. The summed E-state index contributed by atoms with van der Waals surface area (Å²) in [6, 6.07) is 0.718. The van der Waals surface area contributed by atoms with Gasteiger partial charge in [0.1, 0.15) is 0 Å². The minimum absolute atomic E-state index is 0.541. The summed E-state index contributed by atoms with van der Waals surface area (Å²) >= 11 is 0. The van der Waals surface area contributed by atoms with Gasteiger partial charge in [-0.1, -0.05) is 13.8 Å². The molecule has 0 aromatic carbocycles. The van der Waals surface area contributed by atoms with E-state index in [1.54, 1.807) is 6.66 Å². The minimum Gasteiger partial charge on any atom is -0.318 e. The third-order valence-electron chi connectivity index (χ3n) is 3.98. The Kier molecular flexibility index (Phi) is 7.60. The molecule has 2 fully saturated rings. The molecule has 0 aliphatic carbocycles. The van der Waals surface area contributed by atoms with Gasteiger partial charge in [0, 0.05) is 25.8 Å². The molecule has 2 aliphatic rings. The van der Waals surface area contributed by atoms with Crippen LogP contribution >= 0.6 is 7.52 Å². The van der Waals surface area contributed by atoms with Crippen molar-refractivity contribution in [2.45, 2.75) is 52.5 Å². The quantitative estimate of drug-likeness (QED) is 0.743. The van der Waals surface area contributed by atoms with Crippen LogP contribution in [0.4, 0.5) is 0 Å². The van der Waals surface area contributed by atoms with E-state index in [4.69, 9.17) is 4.52 Å². The third kappa shape index (κ3) is 4.86. The third-order valence-corrected chi connectivity index (χ3v) is 6.15. The predicted molar refractivity (Wildman–Crippen MR) is 81.9 cm³/mol. The summed E-state index contributed by atoms with van der Waals surface area (Å²) in [5.74, 6) is 0. The first-order chi connectivity index (χ1) is 9.13. The Bertz CT molecular complexity index is 285. The normalized spacial score (nSPS) is 25.7. The van der Waals surface area contributed by atoms with Crippen LogP contribution < -0.4 is 0 Å². The van der Waals surface area contributed by atoms with Crippen LogP contribution in [0.2, 0.25) is 0 Å². The van der Waals surface area contributed by atoms with Gasteiger partial charge in [-0.3, -0.25) is 4.57 Å². The van der Waals surface area contributed by atoms with Crippen LogP contribution in [0.3, 0.4) is 0 Å². The lowest BCUT2D eigenvalue weighted by atomic mass is 10.1. The fourth-order valence-corrected chi connectivity index (χ4v) is 4.61. The average molecular weight is 290 g/mol. The molecule has 0 aromatic rings. The highest BCUT2D eigenvalue weighted by atomic mass is 31.2. The molecule has 4 nitrogen and oxygen atoms in total. The second kappa shape index (κ2) is 8.41. The minimum atomic E-state index is -2.51. The number of hydrogen-bond donors (Lipinski definition) is 0. The Hall–Kier alpha value is 0.110. The second-order valence-corrected chi connectivity index (χ2v) is 7.58. The van der Waals surface area contributed by atoms with Gasteiger partial charge in [-0.2, -0.15) is 0 Å². The molecule has 2 rings (SSSR count). The standard InChI is InChI=1S/C12H25N2O2P.C2H6/c1-3-16-17(2,15)14-10-6-12(7-11-14)13-8-4-5-9-13;1-2/h12H,3-11H2,1-2H3;1-2H3. The molecule has 0 bridgehead atoms. The molecule has 1 atom stereocenters. The largest absolute Gasteiger partial charge is 0.318 e. The highest BCUT2D eigenvalue weighted by molar-refractivity contribution is 7.55. The predicted octanol–water partition coefficient (Wildman–Crippen LogP) is 3.43. The Morgan fingerprint density at radius 2 is 1.63 bits per heavy atom. The van der Waals surface area contributed by atoms with E-state index in [2.05, 4.69) is 9.57 Å². The lowest BCUT2D eigenvalue weighted by Gasteiger charge is -2.38. The molecule has 114 valence electrons. The van der Waals surface area contributed by atoms with Crippen molar-refractivity contribution in [3.05, 3.63) is 0 Å². The lowest BCUT2D eigenvalue weighted by Crippen LogP contribution is -2.42. The van der Waals surface area contributed by atoms with E-state index in [1.807, 2.05) is 20.8 Å². The maximum atomic E-state index is 12.3. The second-order valence-electron chi connectivity index (χ2n) is 5.15. The summed E-state index contributed by atoms with van der Waals surface area (Å²) in [4.78, 5) is 2.61. The van der Waals surface area contributed by atoms with Crippen molar-refractivity contribution in [1.29, 1.82) is 0 Å². The van der Waals surface area contributed by atoms with Crippen molar-refractivity contribution in [3.63, 3.8) is 0 Å². The Morgan fingerprint density at radius 3 is 2.11 bits per heavy atom. The van der Waals surface area contributed by atoms with E-state index in [0.29, 0.717) is 6.61 Å². The van der Waals surface area contributed by atoms with Gasteiger partial charge in [0.05, 0.1) is 6.61 Å². The van der Waals surface area contributed by atoms with Crippen molar-refractivity contribution in [2.75, 3.05) is 39.5 Å². The molecular weight excluding hydrogens is 259 g/mol. The van der Waals surface area contributed by atoms with Crippen LogP contribution in [0.15, 0.2) is 0 Å². The molecule has 0 N–H and O–H groups in total. The Labute approximate surface area is 119 Å². The van der Waals surface area contributed by atoms with Crippen LogP contribution in [0.1, 0.15) is 46.5 Å². The summed E-state index contributed by atoms with van der Waals surface area (Å²) in [5.41, 5.74) is 0. The van der Waals surface area contributed by atoms with Crippen molar-refractivity contribution >= 4 is 7.52 Å². The molecule has 1 unspecified atom stereocenters. The fraction of sp³-hybridized carbons (Fsp3) is 1.00. The zero-order chi connectivity index (χ0) is 14.3. The SMILES string of the molecule is CC.CCOP(C)(=O)N1CCC(N2CCCC2)CC1. The molecule has 19 heavy (non-hydrogen) atoms. The molecule has 2 heterocycles. The van der Waals surface area contributed by atoms with Gasteiger partial charge >= 0.3 is 0 Å². The molecule has 0 amide bonds. The van der Waals surface area contributed by atoms with Crippen LogP contribution in [0.25, 0.3) is 0 Å². The summed E-state index contributed by atoms with van der Waals surface area (Å²) in [6.07, 6.45) is 4.99. The van der Waals surface area contributed by atoms with Gasteiger partial charge < -0.3 is 9.42 Å². The summed E-state index contributed by atoms with van der Waals surface area (Å²) in [7, 11) is -2.51. The topological polar surface area (TPSA) is 32.8 Å². The smallest absolute Gasteiger partial charge is 0.269 e. The molecular formula is C14H31N2O2P. The summed E-state index contributed by atoms with van der Waals surface area (Å²) in [6.45, 7) is 12.6. The molecule has 2 saturated heterocycles. The highest BCUT2D eigenvalue weighted by Crippen LogP contribution is 2.48. The number of likely N-dealkylation sites (tertiary alicyclic amines) is 1. The van der Waals surface area contributed by atoms with Gasteiger partial charge in [0.15, 0.2) is 0 Å². The van der Waals surface area contributed by atoms with Crippen molar-refractivity contribution < 1.29 is 9.09 Å². The zero-order valence-corrected chi connectivity index (χ0v) is 14.0. The average Bonchev–Trinajstić information content (AvgIpc) is 2.95. The molecule has 0 saturated carbocycles. The number of nitrogens with zero attached hydrogens (tertiary/aromatic N) is 2. The maximum absolute atomic E-state index is 12.3. The van der Waals surface area contributed by atoms with Gasteiger partial charge in [0.2, 0.25) is 0 Å². The van der Waals surface area contributed by atoms with Crippen molar-refractivity contribution in [1.82, 2.24) is 9.57 Å². The zero-order valence-electron chi connectivity index (χ0n) is 13.1. The van der Waals surface area contributed by atoms with Crippen LogP contribution in [0.5, 0.6) is 0 Å². The molecule has 5 heteroatoms. The molecule has 0 aromatic heterocycles. The Morgan fingerprint density at radius 1 is 1.11 bits per heavy atom. The number of rotatable bonds is 4. The van der Waals surface area contributed by atoms with E-state index >= 15 is 0 Å². The monoisotopic (exact) mass is 290 g/mol. The van der Waals surface area contributed by atoms with Crippen LogP contribution in [-0.4, -0.2) is 55.1 Å². The highest BCUT2D eigenvalue weighted by Gasteiger charge is 2.32. The Balaban J connectivity index is 0.000000861. The van der Waals surface area contributed by atoms with Crippen molar-refractivity contribution in [2.24, 2.45) is 0 Å². The van der Waals surface area contributed by atoms with E-state index < -0.39 is 7.52 Å². The summed E-state index contributed by atoms with van der Waals surface area (Å²) in [5, 5.41) is 0. The van der Waals surface area contributed by atoms with Crippen LogP contribution in [0, 0.1) is 0 Å². The number of piperidine rings is 1. The van der Waals surface area contributed by atoms with Gasteiger partial charge in [0.25, 0.3) is 7.52 Å². The maximum Gasteiger partial charge on any atom is 0.269 e. The first kappa shape index (κ1) is 17.2. The van der Waals surface area contributed by atoms with Gasteiger partial charge in [-0.15, -0.1) is 0 Å².